The second-order valence-electron chi connectivity index (χ2n) is 3.67. The Morgan fingerprint density at radius 3 is 2.60 bits per heavy atom. The van der Waals surface area contributed by atoms with E-state index in [9.17, 15) is 0 Å². The lowest BCUT2D eigenvalue weighted by Crippen LogP contribution is -1.95. The highest BCUT2D eigenvalue weighted by Gasteiger charge is 2.03. The molecule has 3 nitrogen and oxygen atoms in total. The maximum atomic E-state index is 5.71. The summed E-state index contributed by atoms with van der Waals surface area (Å²) in [6.07, 6.45) is 0. The lowest BCUT2D eigenvalue weighted by molar-refractivity contribution is 0.430. The molecule has 0 aliphatic rings. The highest BCUT2D eigenvalue weighted by atomic mass is 16.5. The fourth-order valence-corrected chi connectivity index (χ4v) is 1.48. The van der Waals surface area contributed by atoms with Crippen LogP contribution in [0, 0.1) is 13.8 Å². The third-order valence-corrected chi connectivity index (χ3v) is 2.17. The molecule has 0 saturated carbocycles. The molecule has 3 heteroatoms. The molecule has 0 atom stereocenters. The molecule has 0 amide bonds. The van der Waals surface area contributed by atoms with Crippen molar-refractivity contribution < 1.29 is 4.74 Å². The number of hydrogen-bond donors (Lipinski definition) is 0. The summed E-state index contributed by atoms with van der Waals surface area (Å²) in [5.74, 6) is 1.61. The summed E-state index contributed by atoms with van der Waals surface area (Å²) in [5, 5.41) is 4.22. The van der Waals surface area contributed by atoms with Gasteiger partial charge in [-0.25, -0.2) is 4.68 Å². The van der Waals surface area contributed by atoms with Gasteiger partial charge in [-0.2, -0.15) is 5.10 Å². The van der Waals surface area contributed by atoms with E-state index in [0.717, 1.165) is 17.3 Å². The number of benzene rings is 1. The summed E-state index contributed by atoms with van der Waals surface area (Å²) in [7, 11) is 1.87. The fraction of sp³-hybridized carbons (Fsp3) is 0.250. The molecular weight excluding hydrogens is 188 g/mol. The van der Waals surface area contributed by atoms with Crippen LogP contribution in [0.5, 0.6) is 11.6 Å². The topological polar surface area (TPSA) is 27.1 Å². The lowest BCUT2D eigenvalue weighted by Gasteiger charge is -2.05. The molecule has 78 valence electrons. The monoisotopic (exact) mass is 202 g/mol. The molecule has 0 unspecified atom stereocenters. The van der Waals surface area contributed by atoms with Gasteiger partial charge in [0.25, 0.3) is 0 Å². The van der Waals surface area contributed by atoms with Crippen molar-refractivity contribution in [1.82, 2.24) is 9.78 Å². The van der Waals surface area contributed by atoms with Gasteiger partial charge in [-0.05, 0) is 31.5 Å². The van der Waals surface area contributed by atoms with Gasteiger partial charge in [0.1, 0.15) is 5.75 Å². The van der Waals surface area contributed by atoms with Gasteiger partial charge in [-0.3, -0.25) is 0 Å². The first-order valence-corrected chi connectivity index (χ1v) is 4.90. The van der Waals surface area contributed by atoms with Crippen molar-refractivity contribution in [1.29, 1.82) is 0 Å². The second kappa shape index (κ2) is 3.77. The predicted octanol–water partition coefficient (Wildman–Crippen LogP) is 2.83. The molecule has 1 aromatic carbocycles. The van der Waals surface area contributed by atoms with Gasteiger partial charge in [0.05, 0.1) is 5.69 Å². The van der Waals surface area contributed by atoms with Crippen LogP contribution in [-0.4, -0.2) is 9.78 Å². The molecule has 2 rings (SSSR count). The van der Waals surface area contributed by atoms with Crippen molar-refractivity contribution in [3.8, 4) is 11.6 Å². The molecule has 0 N–H and O–H groups in total. The Balaban J connectivity index is 2.25. The minimum absolute atomic E-state index is 0.762. The first kappa shape index (κ1) is 9.77. The third-order valence-electron chi connectivity index (χ3n) is 2.17. The summed E-state index contributed by atoms with van der Waals surface area (Å²) in [4.78, 5) is 0. The number of aryl methyl sites for hydroxylation is 3. The Labute approximate surface area is 89.3 Å². The molecule has 0 spiro atoms. The number of aromatic nitrogens is 2. The first-order chi connectivity index (χ1) is 7.15. The van der Waals surface area contributed by atoms with Crippen LogP contribution in [0.4, 0.5) is 0 Å². The van der Waals surface area contributed by atoms with E-state index in [-0.39, 0.29) is 0 Å². The molecule has 15 heavy (non-hydrogen) atoms. The number of hydrogen-bond acceptors (Lipinski definition) is 2. The Hall–Kier alpha value is -1.77. The van der Waals surface area contributed by atoms with Crippen LogP contribution in [0.1, 0.15) is 11.3 Å². The zero-order valence-electron chi connectivity index (χ0n) is 9.19. The van der Waals surface area contributed by atoms with Crippen molar-refractivity contribution in [2.45, 2.75) is 13.8 Å². The van der Waals surface area contributed by atoms with Gasteiger partial charge < -0.3 is 4.74 Å². The summed E-state index contributed by atoms with van der Waals surface area (Å²) in [5.41, 5.74) is 2.14. The van der Waals surface area contributed by atoms with E-state index in [1.165, 1.54) is 5.56 Å². The minimum Gasteiger partial charge on any atom is -0.439 e. The summed E-state index contributed by atoms with van der Waals surface area (Å²) >= 11 is 0. The minimum atomic E-state index is 0.762. The molecule has 0 radical (unpaired) electrons. The number of ether oxygens (including phenoxy) is 1. The molecule has 1 heterocycles. The van der Waals surface area contributed by atoms with Crippen LogP contribution < -0.4 is 4.74 Å². The highest BCUT2D eigenvalue weighted by Crippen LogP contribution is 2.21. The van der Waals surface area contributed by atoms with Crippen molar-refractivity contribution in [2.24, 2.45) is 7.05 Å². The summed E-state index contributed by atoms with van der Waals surface area (Å²) in [6, 6.07) is 9.88. The van der Waals surface area contributed by atoms with Crippen LogP contribution in [-0.2, 0) is 7.05 Å². The smallest absolute Gasteiger partial charge is 0.217 e. The van der Waals surface area contributed by atoms with Gasteiger partial charge >= 0.3 is 0 Å². The van der Waals surface area contributed by atoms with Gasteiger partial charge in [0.2, 0.25) is 5.88 Å². The quantitative estimate of drug-likeness (QED) is 0.748. The standard InChI is InChI=1S/C12H14N2O/c1-9-5-4-6-11(7-9)15-12-8-10(2)13-14(12)3/h4-8H,1-3H3. The van der Waals surface area contributed by atoms with Crippen LogP contribution >= 0.6 is 0 Å². The number of rotatable bonds is 2. The molecule has 0 saturated heterocycles. The molecule has 2 aromatic rings. The summed E-state index contributed by atoms with van der Waals surface area (Å²) < 4.78 is 7.45. The zero-order chi connectivity index (χ0) is 10.8. The van der Waals surface area contributed by atoms with E-state index < -0.39 is 0 Å². The Morgan fingerprint density at radius 1 is 1.20 bits per heavy atom. The van der Waals surface area contributed by atoms with E-state index in [1.54, 1.807) is 4.68 Å². The van der Waals surface area contributed by atoms with Crippen LogP contribution in [0.15, 0.2) is 30.3 Å². The normalized spacial score (nSPS) is 10.3. The van der Waals surface area contributed by atoms with Crippen LogP contribution in [0.3, 0.4) is 0 Å². The van der Waals surface area contributed by atoms with Crippen molar-refractivity contribution >= 4 is 0 Å². The Bertz CT molecular complexity index is 474. The molecule has 1 aromatic heterocycles. The molecular formula is C12H14N2O. The lowest BCUT2D eigenvalue weighted by atomic mass is 10.2. The maximum Gasteiger partial charge on any atom is 0.217 e. The molecule has 0 fully saturated rings. The van der Waals surface area contributed by atoms with Crippen molar-refractivity contribution in [3.63, 3.8) is 0 Å². The van der Waals surface area contributed by atoms with E-state index in [4.69, 9.17) is 4.74 Å². The largest absolute Gasteiger partial charge is 0.439 e. The maximum absolute atomic E-state index is 5.71. The molecule has 0 aliphatic carbocycles. The van der Waals surface area contributed by atoms with Crippen molar-refractivity contribution in [2.75, 3.05) is 0 Å². The summed E-state index contributed by atoms with van der Waals surface area (Å²) in [6.45, 7) is 3.99. The zero-order valence-corrected chi connectivity index (χ0v) is 9.19. The predicted molar refractivity (Wildman–Crippen MR) is 59.2 cm³/mol. The van der Waals surface area contributed by atoms with E-state index in [2.05, 4.69) is 5.10 Å². The number of nitrogens with zero attached hydrogens (tertiary/aromatic N) is 2. The Kier molecular flexibility index (Phi) is 2.46. The van der Waals surface area contributed by atoms with E-state index in [1.807, 2.05) is 51.2 Å². The van der Waals surface area contributed by atoms with Crippen molar-refractivity contribution in [3.05, 3.63) is 41.6 Å². The van der Waals surface area contributed by atoms with E-state index >= 15 is 0 Å². The van der Waals surface area contributed by atoms with Crippen LogP contribution in [0.25, 0.3) is 0 Å². The highest BCUT2D eigenvalue weighted by molar-refractivity contribution is 5.31. The third kappa shape index (κ3) is 2.18. The van der Waals surface area contributed by atoms with Gasteiger partial charge in [-0.1, -0.05) is 12.1 Å². The van der Waals surface area contributed by atoms with Gasteiger partial charge in [0, 0.05) is 13.1 Å². The fourth-order valence-electron chi connectivity index (χ4n) is 1.48. The van der Waals surface area contributed by atoms with Crippen LogP contribution in [0.2, 0.25) is 0 Å². The van der Waals surface area contributed by atoms with Gasteiger partial charge in [0.15, 0.2) is 0 Å². The van der Waals surface area contributed by atoms with Gasteiger partial charge in [-0.15, -0.1) is 0 Å². The SMILES string of the molecule is Cc1cccc(Oc2cc(C)nn2C)c1. The molecule has 0 aliphatic heterocycles. The first-order valence-electron chi connectivity index (χ1n) is 4.90. The molecule has 0 bridgehead atoms. The average Bonchev–Trinajstić information content (AvgIpc) is 2.45. The Morgan fingerprint density at radius 2 is 2.00 bits per heavy atom. The second-order valence-corrected chi connectivity index (χ2v) is 3.67. The average molecular weight is 202 g/mol. The van der Waals surface area contributed by atoms with E-state index in [0.29, 0.717) is 0 Å².